The third-order valence-electron chi connectivity index (χ3n) is 9.77. The molecular weight excluding hydrogens is 360 g/mol. The van der Waals surface area contributed by atoms with Crippen LogP contribution in [0, 0.1) is 28.1 Å². The monoisotopic (exact) mass is 390 g/mol. The predicted octanol–water partition coefficient (Wildman–Crippen LogP) is 1.77. The Hall–Kier alpha value is -1.24. The van der Waals surface area contributed by atoms with Gasteiger partial charge in [0, 0.05) is 30.1 Å². The number of allylic oxidation sites excluding steroid dienone is 1. The molecule has 154 valence electrons. The van der Waals surface area contributed by atoms with E-state index >= 15 is 0 Å². The van der Waals surface area contributed by atoms with E-state index in [4.69, 9.17) is 9.47 Å². The van der Waals surface area contributed by atoms with Crippen LogP contribution in [-0.4, -0.2) is 52.5 Å². The second-order valence-electron chi connectivity index (χ2n) is 10.1. The normalized spacial score (nSPS) is 56.7. The standard InChI is InChI=1S/C22H30O6/c1-10-6-7-21(26)11(2)22-13-9-27-14(13)8-15(24)19(22,4)18(25)17(28-12(3)23)16(10)20(21,22)5/h11,13-15,17,24,26H,6-9H2,1-5H3/t11?,13-,14-,15+,17-,19+,20+,21-,22?/m1/s1. The van der Waals surface area contributed by atoms with E-state index in [2.05, 4.69) is 0 Å². The van der Waals surface area contributed by atoms with Crippen molar-refractivity contribution in [3.63, 3.8) is 0 Å². The second-order valence-corrected chi connectivity index (χ2v) is 10.1. The number of hydrogen-bond acceptors (Lipinski definition) is 6. The number of carbonyl (C=O) groups excluding carboxylic acids is 2. The van der Waals surface area contributed by atoms with Gasteiger partial charge in [0.2, 0.25) is 0 Å². The van der Waals surface area contributed by atoms with Crippen molar-refractivity contribution in [2.45, 2.75) is 77.8 Å². The number of ketones is 1. The van der Waals surface area contributed by atoms with Crippen LogP contribution < -0.4 is 0 Å². The lowest BCUT2D eigenvalue weighted by atomic mass is 9.19. The van der Waals surface area contributed by atoms with E-state index in [0.29, 0.717) is 25.9 Å². The van der Waals surface area contributed by atoms with Crippen LogP contribution in [0.4, 0.5) is 0 Å². The first-order valence-electron chi connectivity index (χ1n) is 10.4. The summed E-state index contributed by atoms with van der Waals surface area (Å²) in [5.41, 5.74) is -1.63. The molecule has 6 nitrogen and oxygen atoms in total. The number of aliphatic hydroxyl groups is 2. The van der Waals surface area contributed by atoms with E-state index in [1.54, 1.807) is 0 Å². The SMILES string of the molecule is CC(=O)O[C@H]1C(=O)[C@]2(C)[C@@H](O)C[C@H]3OC[C@H]3C23C(C)[C@]2(O)CCC(C)=C1[C@]32C. The van der Waals surface area contributed by atoms with Gasteiger partial charge >= 0.3 is 5.97 Å². The summed E-state index contributed by atoms with van der Waals surface area (Å²) < 4.78 is 11.4. The molecule has 28 heavy (non-hydrogen) atoms. The lowest BCUT2D eigenvalue weighted by molar-refractivity contribution is -0.416. The number of fused-ring (bicyclic) bond motifs is 1. The Bertz CT molecular complexity index is 833. The molecule has 1 saturated heterocycles. The van der Waals surface area contributed by atoms with Crippen LogP contribution in [0.25, 0.3) is 0 Å². The fourth-order valence-electron chi connectivity index (χ4n) is 8.68. The van der Waals surface area contributed by atoms with Gasteiger partial charge in [-0.2, -0.15) is 0 Å². The number of aliphatic hydroxyl groups excluding tert-OH is 1. The van der Waals surface area contributed by atoms with Gasteiger partial charge in [-0.1, -0.05) is 19.4 Å². The Morgan fingerprint density at radius 2 is 2.00 bits per heavy atom. The summed E-state index contributed by atoms with van der Waals surface area (Å²) in [5, 5.41) is 23.1. The zero-order valence-corrected chi connectivity index (χ0v) is 17.2. The van der Waals surface area contributed by atoms with Crippen LogP contribution in [0.2, 0.25) is 0 Å². The molecular formula is C22H30O6. The molecule has 0 aromatic heterocycles. The molecule has 0 radical (unpaired) electrons. The molecule has 4 fully saturated rings. The summed E-state index contributed by atoms with van der Waals surface area (Å²) in [5.74, 6) is -0.797. The van der Waals surface area contributed by atoms with E-state index in [9.17, 15) is 19.8 Å². The Kier molecular flexibility index (Phi) is 3.40. The topological polar surface area (TPSA) is 93.1 Å². The number of hydrogen-bond donors (Lipinski definition) is 2. The Balaban J connectivity index is 1.83. The minimum Gasteiger partial charge on any atom is -0.450 e. The molecule has 0 bridgehead atoms. The van der Waals surface area contributed by atoms with Crippen molar-refractivity contribution in [3.05, 3.63) is 11.1 Å². The summed E-state index contributed by atoms with van der Waals surface area (Å²) >= 11 is 0. The van der Waals surface area contributed by atoms with E-state index in [1.807, 2.05) is 27.7 Å². The fourth-order valence-corrected chi connectivity index (χ4v) is 8.68. The van der Waals surface area contributed by atoms with Gasteiger partial charge in [-0.25, -0.2) is 0 Å². The van der Waals surface area contributed by atoms with E-state index in [0.717, 1.165) is 11.1 Å². The van der Waals surface area contributed by atoms with E-state index in [1.165, 1.54) is 6.92 Å². The van der Waals surface area contributed by atoms with Crippen LogP contribution in [0.1, 0.15) is 53.9 Å². The summed E-state index contributed by atoms with van der Waals surface area (Å²) in [7, 11) is 0. The largest absolute Gasteiger partial charge is 0.450 e. The van der Waals surface area contributed by atoms with E-state index in [-0.39, 0.29) is 23.7 Å². The van der Waals surface area contributed by atoms with Crippen LogP contribution >= 0.6 is 0 Å². The fraction of sp³-hybridized carbons (Fsp3) is 0.818. The van der Waals surface area contributed by atoms with Crippen molar-refractivity contribution in [2.24, 2.45) is 28.1 Å². The van der Waals surface area contributed by atoms with Crippen LogP contribution in [0.5, 0.6) is 0 Å². The van der Waals surface area contributed by atoms with Crippen molar-refractivity contribution in [1.82, 2.24) is 0 Å². The minimum absolute atomic E-state index is 0.0894. The van der Waals surface area contributed by atoms with Gasteiger partial charge in [0.1, 0.15) is 0 Å². The number of ether oxygens (including phenoxy) is 2. The molecule has 5 aliphatic rings. The molecule has 0 aromatic rings. The van der Waals surface area contributed by atoms with Gasteiger partial charge in [-0.3, -0.25) is 9.59 Å². The lowest BCUT2D eigenvalue weighted by Gasteiger charge is -2.85. The molecule has 0 aromatic carbocycles. The highest BCUT2D eigenvalue weighted by Gasteiger charge is 2.91. The first-order valence-corrected chi connectivity index (χ1v) is 10.4. The van der Waals surface area contributed by atoms with Crippen molar-refractivity contribution in [3.8, 4) is 0 Å². The summed E-state index contributed by atoms with van der Waals surface area (Å²) in [4.78, 5) is 25.8. The quantitative estimate of drug-likeness (QED) is 0.524. The van der Waals surface area contributed by atoms with Crippen molar-refractivity contribution in [1.29, 1.82) is 0 Å². The van der Waals surface area contributed by atoms with Gasteiger partial charge in [-0.15, -0.1) is 0 Å². The van der Waals surface area contributed by atoms with Crippen molar-refractivity contribution in [2.75, 3.05) is 6.61 Å². The number of rotatable bonds is 1. The maximum Gasteiger partial charge on any atom is 0.303 e. The van der Waals surface area contributed by atoms with Crippen LogP contribution in [0.15, 0.2) is 11.1 Å². The molecule has 0 amide bonds. The van der Waals surface area contributed by atoms with Crippen LogP contribution in [0.3, 0.4) is 0 Å². The Morgan fingerprint density at radius 3 is 2.57 bits per heavy atom. The van der Waals surface area contributed by atoms with Gasteiger partial charge in [-0.05, 0) is 38.2 Å². The first-order chi connectivity index (χ1) is 13.0. The van der Waals surface area contributed by atoms with Gasteiger partial charge in [0.25, 0.3) is 0 Å². The molecule has 4 aliphatic carbocycles. The first kappa shape index (κ1) is 18.8. The zero-order chi connectivity index (χ0) is 20.4. The Morgan fingerprint density at radius 1 is 1.32 bits per heavy atom. The molecule has 3 saturated carbocycles. The number of esters is 1. The molecule has 1 spiro atoms. The van der Waals surface area contributed by atoms with Crippen molar-refractivity contribution < 1.29 is 29.3 Å². The van der Waals surface area contributed by atoms with Gasteiger partial charge in [0.05, 0.1) is 29.8 Å². The molecule has 6 heteroatoms. The Labute approximate surface area is 165 Å². The summed E-state index contributed by atoms with van der Waals surface area (Å²) in [6.45, 7) is 9.75. The van der Waals surface area contributed by atoms with Crippen LogP contribution in [-0.2, 0) is 19.1 Å². The highest BCUT2D eigenvalue weighted by atomic mass is 16.5. The lowest BCUT2D eigenvalue weighted by Crippen LogP contribution is -2.91. The molecule has 2 N–H and O–H groups in total. The van der Waals surface area contributed by atoms with E-state index < -0.39 is 40.0 Å². The highest BCUT2D eigenvalue weighted by molar-refractivity contribution is 5.97. The average molecular weight is 390 g/mol. The maximum absolute atomic E-state index is 13.9. The maximum atomic E-state index is 13.9. The number of Topliss-reactive ketones (excluding diaryl/α,β-unsaturated/α-hetero) is 1. The molecule has 1 heterocycles. The molecule has 1 aliphatic heterocycles. The molecule has 5 rings (SSSR count). The minimum atomic E-state index is -1.10. The van der Waals surface area contributed by atoms with Crippen molar-refractivity contribution >= 4 is 11.8 Å². The number of carbonyl (C=O) groups is 2. The smallest absolute Gasteiger partial charge is 0.303 e. The predicted molar refractivity (Wildman–Crippen MR) is 99.1 cm³/mol. The average Bonchev–Trinajstić information content (AvgIpc) is 2.61. The molecule has 9 atom stereocenters. The second kappa shape index (κ2) is 5.08. The summed E-state index contributed by atoms with van der Waals surface area (Å²) in [6.07, 6.45) is -0.322. The summed E-state index contributed by atoms with van der Waals surface area (Å²) in [6, 6.07) is 0. The third-order valence-corrected chi connectivity index (χ3v) is 9.77. The third kappa shape index (κ3) is 1.49. The zero-order valence-electron chi connectivity index (χ0n) is 17.2. The molecule has 2 unspecified atom stereocenters. The highest BCUT2D eigenvalue weighted by Crippen LogP contribution is 2.85. The van der Waals surface area contributed by atoms with Gasteiger partial charge in [0.15, 0.2) is 11.9 Å². The van der Waals surface area contributed by atoms with Gasteiger partial charge < -0.3 is 19.7 Å².